The van der Waals surface area contributed by atoms with Crippen LogP contribution in [0.25, 0.3) is 0 Å². The first-order valence-corrected chi connectivity index (χ1v) is 11.6. The summed E-state index contributed by atoms with van der Waals surface area (Å²) in [5.41, 5.74) is 0.677. The number of aliphatic imine (C=N–C) groups is 1. The molecule has 10 heteroatoms. The van der Waals surface area contributed by atoms with Gasteiger partial charge in [-0.2, -0.15) is 0 Å². The standard InChI is InChI=1S/C20H27FN4O2S2.HI/c1-22-20(23-13-6-14-28-18-11-9-17(21)10-12-18)24-15-16-7-4-5-8-19(16)29(26,27)25(2)3;/h4-5,7-12H,6,13-15H2,1-3H3,(H2,22,23,24);1H. The zero-order valence-electron chi connectivity index (χ0n) is 17.3. The SMILES string of the molecule is CN=C(NCCCSc1ccc(F)cc1)NCc1ccccc1S(=O)(=O)N(C)C.I. The maximum Gasteiger partial charge on any atom is 0.242 e. The molecule has 0 amide bonds. The molecule has 0 saturated heterocycles. The van der Waals surface area contributed by atoms with Crippen molar-refractivity contribution in [1.29, 1.82) is 0 Å². The first kappa shape index (κ1) is 26.7. The van der Waals surface area contributed by atoms with Crippen molar-refractivity contribution < 1.29 is 12.8 Å². The molecule has 0 spiro atoms. The second-order valence-corrected chi connectivity index (χ2v) is 9.69. The molecule has 2 aromatic rings. The summed E-state index contributed by atoms with van der Waals surface area (Å²) in [7, 11) is 1.20. The second kappa shape index (κ2) is 13.1. The van der Waals surface area contributed by atoms with Crippen LogP contribution in [0, 0.1) is 5.82 Å². The van der Waals surface area contributed by atoms with Crippen LogP contribution in [0.5, 0.6) is 0 Å². The van der Waals surface area contributed by atoms with E-state index in [1.165, 1.54) is 30.5 Å². The number of nitrogens with zero attached hydrogens (tertiary/aromatic N) is 2. The number of halogens is 2. The Kier molecular flexibility index (Phi) is 11.7. The molecule has 30 heavy (non-hydrogen) atoms. The van der Waals surface area contributed by atoms with E-state index in [0.717, 1.165) is 17.1 Å². The van der Waals surface area contributed by atoms with Crippen LogP contribution in [0.4, 0.5) is 4.39 Å². The highest BCUT2D eigenvalue weighted by atomic mass is 127. The number of benzene rings is 2. The summed E-state index contributed by atoms with van der Waals surface area (Å²) >= 11 is 1.67. The number of thioether (sulfide) groups is 1. The quantitative estimate of drug-likeness (QED) is 0.160. The van der Waals surface area contributed by atoms with Gasteiger partial charge in [-0.3, -0.25) is 4.99 Å². The molecule has 0 aromatic heterocycles. The number of sulfonamides is 1. The van der Waals surface area contributed by atoms with Crippen LogP contribution < -0.4 is 10.6 Å². The predicted octanol–water partition coefficient (Wildman–Crippen LogP) is 3.54. The molecule has 0 bridgehead atoms. The van der Waals surface area contributed by atoms with Crippen LogP contribution in [-0.2, 0) is 16.6 Å². The van der Waals surface area contributed by atoms with Gasteiger partial charge < -0.3 is 10.6 Å². The molecule has 2 N–H and O–H groups in total. The lowest BCUT2D eigenvalue weighted by Crippen LogP contribution is -2.37. The maximum absolute atomic E-state index is 12.9. The van der Waals surface area contributed by atoms with Gasteiger partial charge in [0.25, 0.3) is 0 Å². The third-order valence-electron chi connectivity index (χ3n) is 4.10. The molecular weight excluding hydrogens is 538 g/mol. The molecule has 0 heterocycles. The fourth-order valence-corrected chi connectivity index (χ4v) is 4.47. The zero-order chi connectivity index (χ0) is 21.3. The van der Waals surface area contributed by atoms with E-state index in [1.54, 1.807) is 49.1 Å². The third kappa shape index (κ3) is 8.05. The smallest absolute Gasteiger partial charge is 0.242 e. The van der Waals surface area contributed by atoms with E-state index < -0.39 is 10.0 Å². The minimum Gasteiger partial charge on any atom is -0.356 e. The Balaban J connectivity index is 0.00000450. The molecule has 0 aliphatic heterocycles. The molecule has 166 valence electrons. The van der Waals surface area contributed by atoms with Gasteiger partial charge in [0.05, 0.1) is 4.90 Å². The van der Waals surface area contributed by atoms with E-state index in [4.69, 9.17) is 0 Å². The summed E-state index contributed by atoms with van der Waals surface area (Å²) in [5.74, 6) is 1.26. The Bertz CT molecular complexity index is 923. The Morgan fingerprint density at radius 3 is 2.40 bits per heavy atom. The Morgan fingerprint density at radius 2 is 1.77 bits per heavy atom. The average Bonchev–Trinajstić information content (AvgIpc) is 2.71. The van der Waals surface area contributed by atoms with Gasteiger partial charge in [-0.1, -0.05) is 18.2 Å². The molecule has 0 saturated carbocycles. The third-order valence-corrected chi connectivity index (χ3v) is 7.11. The minimum absolute atomic E-state index is 0. The Morgan fingerprint density at radius 1 is 1.10 bits per heavy atom. The summed E-state index contributed by atoms with van der Waals surface area (Å²) in [5, 5.41) is 6.38. The molecule has 0 fully saturated rings. The monoisotopic (exact) mass is 566 g/mol. The molecule has 6 nitrogen and oxygen atoms in total. The van der Waals surface area contributed by atoms with Gasteiger partial charge >= 0.3 is 0 Å². The van der Waals surface area contributed by atoms with Crippen molar-refractivity contribution in [2.45, 2.75) is 22.8 Å². The largest absolute Gasteiger partial charge is 0.356 e. The van der Waals surface area contributed by atoms with Crippen molar-refractivity contribution in [3.8, 4) is 0 Å². The topological polar surface area (TPSA) is 73.8 Å². The summed E-state index contributed by atoms with van der Waals surface area (Å²) in [4.78, 5) is 5.50. The molecule has 2 aromatic carbocycles. The van der Waals surface area contributed by atoms with E-state index in [1.807, 2.05) is 6.07 Å². The molecule has 0 atom stereocenters. The number of hydrogen-bond donors (Lipinski definition) is 2. The Labute approximate surface area is 199 Å². The van der Waals surface area contributed by atoms with Gasteiger partial charge in [0.15, 0.2) is 5.96 Å². The molecule has 0 radical (unpaired) electrons. The lowest BCUT2D eigenvalue weighted by molar-refractivity contribution is 0.519. The molecule has 2 rings (SSSR count). The van der Waals surface area contributed by atoms with E-state index in [2.05, 4.69) is 15.6 Å². The number of hydrogen-bond acceptors (Lipinski definition) is 4. The average molecular weight is 567 g/mol. The lowest BCUT2D eigenvalue weighted by atomic mass is 10.2. The molecular formula is C20H28FIN4O2S2. The van der Waals surface area contributed by atoms with Crippen molar-refractivity contribution in [2.75, 3.05) is 33.4 Å². The summed E-state index contributed by atoms with van der Waals surface area (Å²) in [6, 6.07) is 13.4. The highest BCUT2D eigenvalue weighted by molar-refractivity contribution is 14.0. The maximum atomic E-state index is 12.9. The van der Waals surface area contributed by atoms with Gasteiger partial charge in [-0.05, 0) is 48.1 Å². The lowest BCUT2D eigenvalue weighted by Gasteiger charge is -2.17. The second-order valence-electron chi connectivity index (χ2n) is 6.40. The van der Waals surface area contributed by atoms with E-state index >= 15 is 0 Å². The minimum atomic E-state index is -3.51. The number of nitrogens with one attached hydrogen (secondary N) is 2. The van der Waals surface area contributed by atoms with Crippen LogP contribution in [0.1, 0.15) is 12.0 Å². The van der Waals surface area contributed by atoms with E-state index in [9.17, 15) is 12.8 Å². The van der Waals surface area contributed by atoms with Crippen molar-refractivity contribution in [3.05, 3.63) is 59.9 Å². The van der Waals surface area contributed by atoms with Gasteiger partial charge in [0.2, 0.25) is 10.0 Å². The van der Waals surface area contributed by atoms with Crippen LogP contribution in [0.15, 0.2) is 63.3 Å². The van der Waals surface area contributed by atoms with Gasteiger partial charge in [0.1, 0.15) is 5.82 Å². The summed E-state index contributed by atoms with van der Waals surface area (Å²) in [6.45, 7) is 1.05. The highest BCUT2D eigenvalue weighted by Crippen LogP contribution is 2.19. The van der Waals surface area contributed by atoms with Crippen LogP contribution in [0.2, 0.25) is 0 Å². The van der Waals surface area contributed by atoms with Gasteiger partial charge in [-0.15, -0.1) is 35.7 Å². The molecule has 0 unspecified atom stereocenters. The van der Waals surface area contributed by atoms with Crippen molar-refractivity contribution in [1.82, 2.24) is 14.9 Å². The molecule has 0 aliphatic rings. The zero-order valence-corrected chi connectivity index (χ0v) is 21.2. The normalized spacial score (nSPS) is 11.8. The summed E-state index contributed by atoms with van der Waals surface area (Å²) < 4.78 is 39.1. The first-order valence-electron chi connectivity index (χ1n) is 9.18. The van der Waals surface area contributed by atoms with Gasteiger partial charge in [0, 0.05) is 39.1 Å². The molecule has 0 aliphatic carbocycles. The van der Waals surface area contributed by atoms with E-state index in [-0.39, 0.29) is 34.7 Å². The van der Waals surface area contributed by atoms with Gasteiger partial charge in [-0.25, -0.2) is 17.1 Å². The van der Waals surface area contributed by atoms with Crippen molar-refractivity contribution >= 4 is 51.7 Å². The summed E-state index contributed by atoms with van der Waals surface area (Å²) in [6.07, 6.45) is 0.897. The Hall–Kier alpha value is -1.37. The fourth-order valence-electron chi connectivity index (χ4n) is 2.50. The predicted molar refractivity (Wildman–Crippen MR) is 133 cm³/mol. The number of guanidine groups is 1. The van der Waals surface area contributed by atoms with Crippen LogP contribution in [-0.4, -0.2) is 52.1 Å². The van der Waals surface area contributed by atoms with Crippen molar-refractivity contribution in [3.63, 3.8) is 0 Å². The number of rotatable bonds is 9. The van der Waals surface area contributed by atoms with Crippen molar-refractivity contribution in [2.24, 2.45) is 4.99 Å². The van der Waals surface area contributed by atoms with Crippen LogP contribution in [0.3, 0.4) is 0 Å². The fraction of sp³-hybridized carbons (Fsp3) is 0.350. The first-order chi connectivity index (χ1) is 13.8. The van der Waals surface area contributed by atoms with E-state index in [0.29, 0.717) is 24.6 Å². The van der Waals surface area contributed by atoms with Crippen LogP contribution >= 0.6 is 35.7 Å². The highest BCUT2D eigenvalue weighted by Gasteiger charge is 2.20.